The second kappa shape index (κ2) is 8.37. The SMILES string of the molecule is O=C(Nc1cc(C(F)(F)F)ccc1C1/C=C/CCCCC1)c1ccncc1. The predicted octanol–water partition coefficient (Wildman–Crippen LogP) is 5.96. The van der Waals surface area contributed by atoms with E-state index < -0.39 is 17.6 Å². The number of halogens is 3. The number of pyridine rings is 1. The van der Waals surface area contributed by atoms with Crippen LogP contribution in [0.25, 0.3) is 0 Å². The third-order valence-electron chi connectivity index (χ3n) is 4.73. The standard InChI is InChI=1S/C21H21F3N2O/c22-21(23,24)17-8-9-18(15-6-4-2-1-3-5-7-15)19(14-17)26-20(27)16-10-12-25-13-11-16/h4,6,8-15H,1-3,5,7H2,(H,26,27)/b6-4+. The molecule has 0 radical (unpaired) electrons. The molecule has 0 aliphatic heterocycles. The zero-order chi connectivity index (χ0) is 19.3. The fraction of sp³-hybridized carbons (Fsp3) is 0.333. The molecule has 0 saturated carbocycles. The van der Waals surface area contributed by atoms with E-state index in [4.69, 9.17) is 0 Å². The van der Waals surface area contributed by atoms with Crippen LogP contribution in [0.3, 0.4) is 0 Å². The number of carbonyl (C=O) groups is 1. The molecule has 2 aromatic rings. The third-order valence-corrected chi connectivity index (χ3v) is 4.73. The average molecular weight is 374 g/mol. The van der Waals surface area contributed by atoms with Crippen molar-refractivity contribution in [3.8, 4) is 0 Å². The Bertz CT molecular complexity index is 816. The fourth-order valence-corrected chi connectivity index (χ4v) is 3.28. The monoisotopic (exact) mass is 374 g/mol. The highest BCUT2D eigenvalue weighted by atomic mass is 19.4. The van der Waals surface area contributed by atoms with E-state index in [2.05, 4.69) is 16.4 Å². The molecule has 0 spiro atoms. The molecule has 0 fully saturated rings. The number of amides is 1. The van der Waals surface area contributed by atoms with E-state index in [1.807, 2.05) is 6.08 Å². The second-order valence-corrected chi connectivity index (χ2v) is 6.66. The highest BCUT2D eigenvalue weighted by molar-refractivity contribution is 6.04. The van der Waals surface area contributed by atoms with E-state index >= 15 is 0 Å². The topological polar surface area (TPSA) is 42.0 Å². The molecule has 3 nitrogen and oxygen atoms in total. The molecule has 1 aromatic carbocycles. The van der Waals surface area contributed by atoms with Crippen molar-refractivity contribution in [3.05, 3.63) is 71.6 Å². The van der Waals surface area contributed by atoms with Gasteiger partial charge in [0.05, 0.1) is 5.56 Å². The number of rotatable bonds is 3. The minimum atomic E-state index is -4.47. The Balaban J connectivity index is 1.97. The Kier molecular flexibility index (Phi) is 5.94. The van der Waals surface area contributed by atoms with Crippen LogP contribution in [0.5, 0.6) is 0 Å². The molecule has 27 heavy (non-hydrogen) atoms. The Hall–Kier alpha value is -2.63. The van der Waals surface area contributed by atoms with Crippen LogP contribution in [-0.4, -0.2) is 10.9 Å². The molecule has 1 aliphatic rings. The molecule has 1 aromatic heterocycles. The Morgan fingerprint density at radius 2 is 1.85 bits per heavy atom. The van der Waals surface area contributed by atoms with Crippen LogP contribution in [0.4, 0.5) is 18.9 Å². The Morgan fingerprint density at radius 1 is 1.07 bits per heavy atom. The van der Waals surface area contributed by atoms with E-state index in [1.165, 1.54) is 30.6 Å². The second-order valence-electron chi connectivity index (χ2n) is 6.66. The van der Waals surface area contributed by atoms with Gasteiger partial charge in [0.25, 0.3) is 5.91 Å². The molecular formula is C21H21F3N2O. The molecule has 1 atom stereocenters. The van der Waals surface area contributed by atoms with E-state index in [0.29, 0.717) is 11.1 Å². The lowest BCUT2D eigenvalue weighted by Crippen LogP contribution is -2.16. The highest BCUT2D eigenvalue weighted by Gasteiger charge is 2.31. The molecule has 0 bridgehead atoms. The zero-order valence-corrected chi connectivity index (χ0v) is 14.8. The van der Waals surface area contributed by atoms with Gasteiger partial charge in [-0.05, 0) is 49.1 Å². The number of carbonyl (C=O) groups excluding carboxylic acids is 1. The van der Waals surface area contributed by atoms with Gasteiger partial charge >= 0.3 is 6.18 Å². The van der Waals surface area contributed by atoms with Gasteiger partial charge in [0.15, 0.2) is 0 Å². The van der Waals surface area contributed by atoms with Crippen molar-refractivity contribution < 1.29 is 18.0 Å². The number of aromatic nitrogens is 1. The van der Waals surface area contributed by atoms with Crippen molar-refractivity contribution in [1.29, 1.82) is 0 Å². The number of nitrogens with one attached hydrogen (secondary N) is 1. The summed E-state index contributed by atoms with van der Waals surface area (Å²) < 4.78 is 39.6. The van der Waals surface area contributed by atoms with Gasteiger partial charge in [-0.2, -0.15) is 13.2 Å². The summed E-state index contributed by atoms with van der Waals surface area (Å²) in [4.78, 5) is 16.3. The van der Waals surface area contributed by atoms with Crippen molar-refractivity contribution in [2.45, 2.75) is 44.2 Å². The normalized spacial score (nSPS) is 19.0. The summed E-state index contributed by atoms with van der Waals surface area (Å²) in [5.41, 5.74) is 0.498. The van der Waals surface area contributed by atoms with Crippen molar-refractivity contribution in [1.82, 2.24) is 4.98 Å². The molecule has 142 valence electrons. The zero-order valence-electron chi connectivity index (χ0n) is 14.8. The van der Waals surface area contributed by atoms with Crippen LogP contribution < -0.4 is 5.32 Å². The summed E-state index contributed by atoms with van der Waals surface area (Å²) in [6.45, 7) is 0. The minimum absolute atomic E-state index is 0.0136. The number of allylic oxidation sites excluding steroid dienone is 2. The molecule has 1 heterocycles. The molecule has 0 saturated heterocycles. The van der Waals surface area contributed by atoms with Gasteiger partial charge in [-0.15, -0.1) is 0 Å². The summed E-state index contributed by atoms with van der Waals surface area (Å²) in [6.07, 6.45) is 7.65. The molecule has 1 amide bonds. The number of nitrogens with zero attached hydrogens (tertiary/aromatic N) is 1. The molecular weight excluding hydrogens is 353 g/mol. The van der Waals surface area contributed by atoms with Gasteiger partial charge < -0.3 is 5.32 Å². The van der Waals surface area contributed by atoms with Gasteiger partial charge in [-0.1, -0.05) is 31.1 Å². The van der Waals surface area contributed by atoms with E-state index in [-0.39, 0.29) is 11.6 Å². The van der Waals surface area contributed by atoms with Crippen molar-refractivity contribution in [2.75, 3.05) is 5.32 Å². The molecule has 3 rings (SSSR count). The molecule has 1 aliphatic carbocycles. The average Bonchev–Trinajstić information content (AvgIpc) is 2.62. The largest absolute Gasteiger partial charge is 0.416 e. The van der Waals surface area contributed by atoms with Crippen molar-refractivity contribution in [3.63, 3.8) is 0 Å². The number of hydrogen-bond acceptors (Lipinski definition) is 2. The summed E-state index contributed by atoms with van der Waals surface area (Å²) in [5, 5.41) is 2.67. The van der Waals surface area contributed by atoms with Crippen LogP contribution in [-0.2, 0) is 6.18 Å². The Labute approximate surface area is 156 Å². The lowest BCUT2D eigenvalue weighted by atomic mass is 9.88. The number of benzene rings is 1. The van der Waals surface area contributed by atoms with Gasteiger partial charge in [0.1, 0.15) is 0 Å². The molecule has 6 heteroatoms. The first-order valence-electron chi connectivity index (χ1n) is 9.04. The van der Waals surface area contributed by atoms with E-state index in [9.17, 15) is 18.0 Å². The summed E-state index contributed by atoms with van der Waals surface area (Å²) in [5.74, 6) is -0.465. The smallest absolute Gasteiger partial charge is 0.322 e. The molecule has 1 N–H and O–H groups in total. The maximum atomic E-state index is 13.2. The predicted molar refractivity (Wildman–Crippen MR) is 98.6 cm³/mol. The maximum Gasteiger partial charge on any atom is 0.416 e. The van der Waals surface area contributed by atoms with Crippen LogP contribution >= 0.6 is 0 Å². The quantitative estimate of drug-likeness (QED) is 0.674. The van der Waals surface area contributed by atoms with Crippen LogP contribution in [0.2, 0.25) is 0 Å². The summed E-state index contributed by atoms with van der Waals surface area (Å²) in [6, 6.07) is 6.66. The van der Waals surface area contributed by atoms with Crippen LogP contribution in [0.15, 0.2) is 54.9 Å². The fourth-order valence-electron chi connectivity index (χ4n) is 3.28. The van der Waals surface area contributed by atoms with Gasteiger partial charge in [0, 0.05) is 29.6 Å². The number of hydrogen-bond donors (Lipinski definition) is 1. The van der Waals surface area contributed by atoms with Crippen LogP contribution in [0, 0.1) is 0 Å². The van der Waals surface area contributed by atoms with Crippen LogP contribution in [0.1, 0.15) is 59.5 Å². The lowest BCUT2D eigenvalue weighted by molar-refractivity contribution is -0.137. The van der Waals surface area contributed by atoms with Crippen molar-refractivity contribution in [2.24, 2.45) is 0 Å². The summed E-state index contributed by atoms with van der Waals surface area (Å²) in [7, 11) is 0. The van der Waals surface area contributed by atoms with Gasteiger partial charge in [0.2, 0.25) is 0 Å². The first-order chi connectivity index (χ1) is 12.9. The first kappa shape index (κ1) is 19.1. The third kappa shape index (κ3) is 4.96. The maximum absolute atomic E-state index is 13.2. The minimum Gasteiger partial charge on any atom is -0.322 e. The van der Waals surface area contributed by atoms with Gasteiger partial charge in [-0.3, -0.25) is 9.78 Å². The van der Waals surface area contributed by atoms with Gasteiger partial charge in [-0.25, -0.2) is 0 Å². The van der Waals surface area contributed by atoms with E-state index in [0.717, 1.165) is 44.2 Å². The first-order valence-corrected chi connectivity index (χ1v) is 9.04. The lowest BCUT2D eigenvalue weighted by Gasteiger charge is -2.21. The van der Waals surface area contributed by atoms with E-state index in [1.54, 1.807) is 0 Å². The Morgan fingerprint density at radius 3 is 2.59 bits per heavy atom. The summed E-state index contributed by atoms with van der Waals surface area (Å²) >= 11 is 0. The number of alkyl halides is 3. The molecule has 1 unspecified atom stereocenters. The highest BCUT2D eigenvalue weighted by Crippen LogP contribution is 2.37. The van der Waals surface area contributed by atoms with Crippen molar-refractivity contribution >= 4 is 11.6 Å². The number of anilines is 1.